The van der Waals surface area contributed by atoms with E-state index in [1.165, 1.54) is 12.1 Å². The monoisotopic (exact) mass is 224 g/mol. The third-order valence-corrected chi connectivity index (χ3v) is 4.08. The molecule has 1 aliphatic rings. The van der Waals surface area contributed by atoms with Gasteiger partial charge in [0.2, 0.25) is 0 Å². The molecular weight excluding hydrogens is 204 g/mol. The lowest BCUT2D eigenvalue weighted by molar-refractivity contribution is 0.342. The molecule has 1 N–H and O–H groups in total. The lowest BCUT2D eigenvalue weighted by atomic mass is 9.97. The summed E-state index contributed by atoms with van der Waals surface area (Å²) in [5.41, 5.74) is 1.40. The van der Waals surface area contributed by atoms with Crippen LogP contribution < -0.4 is 10.2 Å². The third-order valence-electron chi connectivity index (χ3n) is 3.41. The van der Waals surface area contributed by atoms with Crippen LogP contribution in [0.1, 0.15) is 20.3 Å². The highest BCUT2D eigenvalue weighted by Crippen LogP contribution is 2.21. The van der Waals surface area contributed by atoms with E-state index in [2.05, 4.69) is 40.9 Å². The fraction of sp³-hybridized carbons (Fsp3) is 0.667. The number of anilines is 1. The molecule has 2 rings (SSSR count). The zero-order valence-electron chi connectivity index (χ0n) is 9.57. The predicted octanol–water partition coefficient (Wildman–Crippen LogP) is 2.57. The molecule has 0 saturated carbocycles. The number of thiophene rings is 1. The van der Waals surface area contributed by atoms with Gasteiger partial charge in [0, 0.05) is 36.7 Å². The van der Waals surface area contributed by atoms with E-state index in [1.807, 2.05) is 0 Å². The minimum atomic E-state index is 0.656. The van der Waals surface area contributed by atoms with Gasteiger partial charge in [-0.25, -0.2) is 0 Å². The molecule has 0 bridgehead atoms. The summed E-state index contributed by atoms with van der Waals surface area (Å²) in [5.74, 6) is 0.770. The van der Waals surface area contributed by atoms with E-state index >= 15 is 0 Å². The van der Waals surface area contributed by atoms with Gasteiger partial charge in [0.05, 0.1) is 0 Å². The molecule has 0 amide bonds. The summed E-state index contributed by atoms with van der Waals surface area (Å²) in [4.78, 5) is 2.50. The van der Waals surface area contributed by atoms with Gasteiger partial charge in [-0.15, -0.1) is 0 Å². The average Bonchev–Trinajstić information content (AvgIpc) is 2.82. The van der Waals surface area contributed by atoms with Crippen LogP contribution in [0, 0.1) is 5.92 Å². The van der Waals surface area contributed by atoms with Crippen molar-refractivity contribution in [3.05, 3.63) is 16.8 Å². The fourth-order valence-electron chi connectivity index (χ4n) is 2.12. The summed E-state index contributed by atoms with van der Waals surface area (Å²) < 4.78 is 0. The Bertz CT molecular complexity index is 284. The van der Waals surface area contributed by atoms with Crippen molar-refractivity contribution in [3.8, 4) is 0 Å². The van der Waals surface area contributed by atoms with E-state index in [1.54, 1.807) is 11.3 Å². The van der Waals surface area contributed by atoms with Gasteiger partial charge in [0.1, 0.15) is 0 Å². The average molecular weight is 224 g/mol. The Balaban J connectivity index is 1.98. The Morgan fingerprint density at radius 2 is 2.53 bits per heavy atom. The molecule has 0 aromatic carbocycles. The van der Waals surface area contributed by atoms with Crippen molar-refractivity contribution in [1.82, 2.24) is 5.32 Å². The maximum absolute atomic E-state index is 3.62. The van der Waals surface area contributed by atoms with Crippen molar-refractivity contribution in [2.45, 2.75) is 26.3 Å². The summed E-state index contributed by atoms with van der Waals surface area (Å²) in [6.07, 6.45) is 1.26. The largest absolute Gasteiger partial charge is 0.368 e. The van der Waals surface area contributed by atoms with Gasteiger partial charge in [-0.3, -0.25) is 0 Å². The smallest absolute Gasteiger partial charge is 0.0475 e. The van der Waals surface area contributed by atoms with Crippen LogP contribution in [0.25, 0.3) is 0 Å². The molecule has 0 radical (unpaired) electrons. The van der Waals surface area contributed by atoms with E-state index < -0.39 is 0 Å². The Labute approximate surface area is 96.3 Å². The molecule has 3 heteroatoms. The fourth-order valence-corrected chi connectivity index (χ4v) is 2.78. The summed E-state index contributed by atoms with van der Waals surface area (Å²) in [5, 5.41) is 8.03. The molecule has 1 saturated heterocycles. The van der Waals surface area contributed by atoms with Gasteiger partial charge in [0.15, 0.2) is 0 Å². The molecule has 2 heterocycles. The first kappa shape index (κ1) is 11.0. The van der Waals surface area contributed by atoms with Gasteiger partial charge in [0.25, 0.3) is 0 Å². The summed E-state index contributed by atoms with van der Waals surface area (Å²) in [7, 11) is 0. The van der Waals surface area contributed by atoms with Crippen molar-refractivity contribution in [3.63, 3.8) is 0 Å². The highest BCUT2D eigenvalue weighted by atomic mass is 32.1. The molecule has 0 spiro atoms. The minimum absolute atomic E-state index is 0.656. The van der Waals surface area contributed by atoms with E-state index in [0.29, 0.717) is 6.04 Å². The molecule has 84 valence electrons. The lowest BCUT2D eigenvalue weighted by Gasteiger charge is -2.37. The lowest BCUT2D eigenvalue weighted by Crippen LogP contribution is -2.53. The Hall–Kier alpha value is -0.540. The van der Waals surface area contributed by atoms with Gasteiger partial charge in [-0.1, -0.05) is 20.3 Å². The molecule has 1 fully saturated rings. The highest BCUT2D eigenvalue weighted by molar-refractivity contribution is 7.08. The van der Waals surface area contributed by atoms with Crippen LogP contribution in [0.3, 0.4) is 0 Å². The predicted molar refractivity (Wildman–Crippen MR) is 67.8 cm³/mol. The second-order valence-corrected chi connectivity index (χ2v) is 5.15. The van der Waals surface area contributed by atoms with Gasteiger partial charge in [-0.05, 0) is 17.4 Å². The van der Waals surface area contributed by atoms with E-state index in [0.717, 1.165) is 25.6 Å². The van der Waals surface area contributed by atoms with E-state index in [4.69, 9.17) is 0 Å². The number of piperazine rings is 1. The molecule has 1 aromatic rings. The van der Waals surface area contributed by atoms with Crippen molar-refractivity contribution >= 4 is 17.0 Å². The van der Waals surface area contributed by atoms with Crippen LogP contribution >= 0.6 is 11.3 Å². The van der Waals surface area contributed by atoms with Crippen molar-refractivity contribution < 1.29 is 0 Å². The summed E-state index contributed by atoms with van der Waals surface area (Å²) in [6, 6.07) is 2.88. The van der Waals surface area contributed by atoms with Crippen LogP contribution in [0.4, 0.5) is 5.69 Å². The maximum atomic E-state index is 3.62. The van der Waals surface area contributed by atoms with Crippen molar-refractivity contribution in [2.75, 3.05) is 24.5 Å². The first-order chi connectivity index (χ1) is 7.31. The molecule has 15 heavy (non-hydrogen) atoms. The summed E-state index contributed by atoms with van der Waals surface area (Å²) >= 11 is 1.79. The Kier molecular flexibility index (Phi) is 3.65. The van der Waals surface area contributed by atoms with E-state index in [-0.39, 0.29) is 0 Å². The number of hydrogen-bond donors (Lipinski definition) is 1. The second-order valence-electron chi connectivity index (χ2n) is 4.37. The van der Waals surface area contributed by atoms with Crippen molar-refractivity contribution in [2.24, 2.45) is 5.92 Å². The van der Waals surface area contributed by atoms with E-state index in [9.17, 15) is 0 Å². The standard InChI is InChI=1S/C12H20N2S/c1-3-10(2)12-8-14(6-5-13-12)11-4-7-15-9-11/h4,7,9-10,12-13H,3,5-6,8H2,1-2H3. The zero-order chi connectivity index (χ0) is 10.7. The molecule has 1 aliphatic heterocycles. The first-order valence-corrected chi connectivity index (χ1v) is 6.76. The second kappa shape index (κ2) is 4.99. The van der Waals surface area contributed by atoms with Crippen LogP contribution in [0.15, 0.2) is 16.8 Å². The maximum Gasteiger partial charge on any atom is 0.0475 e. The van der Waals surface area contributed by atoms with Gasteiger partial charge in [-0.2, -0.15) is 11.3 Å². The quantitative estimate of drug-likeness (QED) is 0.849. The number of hydrogen-bond acceptors (Lipinski definition) is 3. The Morgan fingerprint density at radius 3 is 3.20 bits per heavy atom. The van der Waals surface area contributed by atoms with Crippen LogP contribution in [-0.4, -0.2) is 25.7 Å². The minimum Gasteiger partial charge on any atom is -0.368 e. The van der Waals surface area contributed by atoms with Gasteiger partial charge >= 0.3 is 0 Å². The first-order valence-electron chi connectivity index (χ1n) is 5.81. The SMILES string of the molecule is CCC(C)C1CN(c2ccsc2)CCN1. The molecule has 2 nitrogen and oxygen atoms in total. The van der Waals surface area contributed by atoms with Crippen molar-refractivity contribution in [1.29, 1.82) is 0 Å². The molecule has 2 unspecified atom stereocenters. The normalized spacial score (nSPS) is 24.1. The molecule has 2 atom stereocenters. The van der Waals surface area contributed by atoms with Crippen LogP contribution in [0.2, 0.25) is 0 Å². The third kappa shape index (κ3) is 2.52. The zero-order valence-corrected chi connectivity index (χ0v) is 10.4. The number of nitrogens with one attached hydrogen (secondary N) is 1. The topological polar surface area (TPSA) is 15.3 Å². The highest BCUT2D eigenvalue weighted by Gasteiger charge is 2.23. The Morgan fingerprint density at radius 1 is 1.67 bits per heavy atom. The van der Waals surface area contributed by atoms with Crippen LogP contribution in [-0.2, 0) is 0 Å². The molecular formula is C12H20N2S. The number of rotatable bonds is 3. The van der Waals surface area contributed by atoms with Crippen LogP contribution in [0.5, 0.6) is 0 Å². The molecule has 1 aromatic heterocycles. The molecule has 0 aliphatic carbocycles. The van der Waals surface area contributed by atoms with Gasteiger partial charge < -0.3 is 10.2 Å². The summed E-state index contributed by atoms with van der Waals surface area (Å²) in [6.45, 7) is 8.03. The number of nitrogens with zero attached hydrogens (tertiary/aromatic N) is 1.